The van der Waals surface area contributed by atoms with Gasteiger partial charge in [0.2, 0.25) is 0 Å². The Morgan fingerprint density at radius 3 is 2.40 bits per heavy atom. The number of rotatable bonds is 2. The zero-order valence-corrected chi connectivity index (χ0v) is 7.44. The Morgan fingerprint density at radius 1 is 1.30 bits per heavy atom. The lowest BCUT2D eigenvalue weighted by atomic mass is 10.2. The van der Waals surface area contributed by atoms with Crippen LogP contribution in [0, 0.1) is 6.92 Å². The van der Waals surface area contributed by atoms with Crippen molar-refractivity contribution < 1.29 is 4.57 Å². The molecule has 1 aromatic rings. The molecule has 52 valence electrons. The first-order valence-electron chi connectivity index (χ1n) is 2.93. The van der Waals surface area contributed by atoms with Crippen LogP contribution in [0.4, 0.5) is 0 Å². The van der Waals surface area contributed by atoms with Gasteiger partial charge in [-0.15, -0.1) is 0 Å². The summed E-state index contributed by atoms with van der Waals surface area (Å²) in [6, 6.07) is 7.99. The molecule has 0 amide bonds. The summed E-state index contributed by atoms with van der Waals surface area (Å²) in [5.74, 6) is 0. The summed E-state index contributed by atoms with van der Waals surface area (Å²) in [6.07, 6.45) is 0. The average Bonchev–Trinajstić information content (AvgIpc) is 1.95. The highest BCUT2D eigenvalue weighted by atomic mass is 32.7. The van der Waals surface area contributed by atoms with Crippen LogP contribution >= 0.6 is 19.0 Å². The molecule has 0 fully saturated rings. The lowest BCUT2D eigenvalue weighted by molar-refractivity contribution is 0.605. The summed E-state index contributed by atoms with van der Waals surface area (Å²) in [4.78, 5) is 1.07. The van der Waals surface area contributed by atoms with Crippen LogP contribution in [0.2, 0.25) is 0 Å². The van der Waals surface area contributed by atoms with E-state index in [9.17, 15) is 4.57 Å². The molecule has 0 bridgehead atoms. The van der Waals surface area contributed by atoms with Gasteiger partial charge in [-0.25, -0.2) is 0 Å². The van der Waals surface area contributed by atoms with Gasteiger partial charge in [0, 0.05) is 0 Å². The topological polar surface area (TPSA) is 17.1 Å². The van der Waals surface area contributed by atoms with Crippen molar-refractivity contribution in [2.75, 3.05) is 0 Å². The van der Waals surface area contributed by atoms with Crippen molar-refractivity contribution in [3.05, 3.63) is 29.8 Å². The highest BCUT2D eigenvalue weighted by Crippen LogP contribution is 2.28. The molecule has 0 aliphatic carbocycles. The van der Waals surface area contributed by atoms with Gasteiger partial charge in [0.25, 0.3) is 0 Å². The summed E-state index contributed by atoms with van der Waals surface area (Å²) < 4.78 is 10.2. The van der Waals surface area contributed by atoms with Crippen LogP contribution in [0.1, 0.15) is 5.56 Å². The molecule has 0 aliphatic heterocycles. The second-order valence-corrected chi connectivity index (χ2v) is 3.95. The molecule has 1 aromatic carbocycles. The first-order chi connectivity index (χ1) is 4.83. The highest BCUT2D eigenvalue weighted by Gasteiger charge is 1.97. The third-order valence-electron chi connectivity index (χ3n) is 1.18. The normalized spacial score (nSPS) is 10.1. The van der Waals surface area contributed by atoms with Gasteiger partial charge >= 0.3 is 7.66 Å². The Bertz CT molecular complexity index is 220. The molecule has 0 saturated heterocycles. The van der Waals surface area contributed by atoms with E-state index in [0.717, 1.165) is 4.90 Å². The minimum absolute atomic E-state index is 0.301. The van der Waals surface area contributed by atoms with Gasteiger partial charge in [-0.3, -0.25) is 0 Å². The van der Waals surface area contributed by atoms with Gasteiger partial charge in [-0.05, 0) is 19.1 Å². The van der Waals surface area contributed by atoms with E-state index < -0.39 is 0 Å². The lowest BCUT2D eigenvalue weighted by Gasteiger charge is -1.89. The van der Waals surface area contributed by atoms with Crippen molar-refractivity contribution in [2.24, 2.45) is 0 Å². The van der Waals surface area contributed by atoms with E-state index >= 15 is 0 Å². The van der Waals surface area contributed by atoms with E-state index in [1.165, 1.54) is 16.9 Å². The Morgan fingerprint density at radius 2 is 1.90 bits per heavy atom. The molecule has 3 heteroatoms. The zero-order chi connectivity index (χ0) is 7.40. The number of aryl methyl sites for hydroxylation is 1. The van der Waals surface area contributed by atoms with Crippen LogP contribution in [0.5, 0.6) is 0 Å². The largest absolute Gasteiger partial charge is 0.401 e. The fourth-order valence-electron chi connectivity index (χ4n) is 0.654. The smallest absolute Gasteiger partial charge is 0.0619 e. The molecular weight excluding hydrogens is 163 g/mol. The predicted molar refractivity (Wildman–Crippen MR) is 46.0 cm³/mol. The van der Waals surface area contributed by atoms with Gasteiger partial charge in [0.15, 0.2) is 11.4 Å². The Kier molecular flexibility index (Phi) is 2.91. The van der Waals surface area contributed by atoms with E-state index in [-0.39, 0.29) is 7.66 Å². The fourth-order valence-corrected chi connectivity index (χ4v) is 1.72. The molecule has 0 aromatic heterocycles. The molecular formula is C7H8OPS+. The van der Waals surface area contributed by atoms with Gasteiger partial charge in [0.1, 0.15) is 0 Å². The third kappa shape index (κ3) is 2.13. The van der Waals surface area contributed by atoms with E-state index in [2.05, 4.69) is 0 Å². The van der Waals surface area contributed by atoms with Gasteiger partial charge < -0.3 is 0 Å². The molecule has 1 nitrogen and oxygen atoms in total. The molecule has 0 saturated carbocycles. The summed E-state index contributed by atoms with van der Waals surface area (Å²) in [6.45, 7) is 2.04. The molecule has 0 spiro atoms. The fraction of sp³-hybridized carbons (Fsp3) is 0.143. The van der Waals surface area contributed by atoms with E-state index in [1.54, 1.807) is 0 Å². The zero-order valence-electron chi connectivity index (χ0n) is 5.63. The van der Waals surface area contributed by atoms with Crippen molar-refractivity contribution in [1.82, 2.24) is 0 Å². The van der Waals surface area contributed by atoms with Gasteiger partial charge in [0.05, 0.1) is 4.90 Å². The maximum atomic E-state index is 10.2. The molecule has 10 heavy (non-hydrogen) atoms. The molecule has 0 heterocycles. The minimum Gasteiger partial charge on any atom is -0.0619 e. The summed E-state index contributed by atoms with van der Waals surface area (Å²) in [5, 5.41) is 0. The Hall–Kier alpha value is -0.330. The van der Waals surface area contributed by atoms with Crippen LogP contribution in [0.3, 0.4) is 0 Å². The molecule has 1 rings (SSSR count). The van der Waals surface area contributed by atoms with Crippen molar-refractivity contribution in [3.63, 3.8) is 0 Å². The summed E-state index contributed by atoms with van der Waals surface area (Å²) >= 11 is 1.36. The second-order valence-electron chi connectivity index (χ2n) is 2.00. The number of hydrogen-bond donors (Lipinski definition) is 0. The Balaban J connectivity index is 2.78. The third-order valence-corrected chi connectivity index (χ3v) is 2.73. The van der Waals surface area contributed by atoms with Crippen LogP contribution < -0.4 is 0 Å². The maximum absolute atomic E-state index is 10.2. The van der Waals surface area contributed by atoms with Crippen molar-refractivity contribution in [3.8, 4) is 0 Å². The quantitative estimate of drug-likeness (QED) is 0.636. The molecule has 0 N–H and O–H groups in total. The van der Waals surface area contributed by atoms with Crippen molar-refractivity contribution in [1.29, 1.82) is 0 Å². The molecule has 0 aliphatic rings. The average molecular weight is 171 g/mol. The highest BCUT2D eigenvalue weighted by molar-refractivity contribution is 8.45. The number of benzene rings is 1. The van der Waals surface area contributed by atoms with Crippen LogP contribution in [-0.2, 0) is 4.57 Å². The summed E-state index contributed by atoms with van der Waals surface area (Å²) in [7, 11) is -0.301. The van der Waals surface area contributed by atoms with Gasteiger partial charge in [-0.1, -0.05) is 22.3 Å². The first kappa shape index (κ1) is 7.77. The van der Waals surface area contributed by atoms with Crippen LogP contribution in [0.25, 0.3) is 0 Å². The number of hydrogen-bond acceptors (Lipinski definition) is 2. The lowest BCUT2D eigenvalue weighted by Crippen LogP contribution is -1.68. The van der Waals surface area contributed by atoms with E-state index in [0.29, 0.717) is 0 Å². The Labute approximate surface area is 65.8 Å². The van der Waals surface area contributed by atoms with Crippen molar-refractivity contribution in [2.45, 2.75) is 11.8 Å². The summed E-state index contributed by atoms with van der Waals surface area (Å²) in [5.41, 5.74) is 1.23. The van der Waals surface area contributed by atoms with Gasteiger partial charge in [-0.2, -0.15) is 0 Å². The van der Waals surface area contributed by atoms with E-state index in [4.69, 9.17) is 0 Å². The second kappa shape index (κ2) is 3.75. The maximum Gasteiger partial charge on any atom is 0.401 e. The molecule has 1 atom stereocenters. The SMILES string of the molecule is Cc1ccc(S[PH+]=O)cc1. The van der Waals surface area contributed by atoms with Crippen molar-refractivity contribution >= 4 is 19.0 Å². The van der Waals surface area contributed by atoms with Crippen LogP contribution in [0.15, 0.2) is 29.2 Å². The monoisotopic (exact) mass is 171 g/mol. The predicted octanol–water partition coefficient (Wildman–Crippen LogP) is 3.03. The minimum atomic E-state index is -0.301. The molecule has 0 radical (unpaired) electrons. The standard InChI is InChI=1S/C7H7OPS/c1-6-2-4-7(5-3-6)10-9-8/h2-5H,1H3/p+1. The first-order valence-corrected chi connectivity index (χ1v) is 5.38. The molecule has 1 unspecified atom stereocenters. The van der Waals surface area contributed by atoms with Crippen LogP contribution in [-0.4, -0.2) is 0 Å². The van der Waals surface area contributed by atoms with E-state index in [1.807, 2.05) is 31.2 Å².